The lowest BCUT2D eigenvalue weighted by Gasteiger charge is -2.23. The molecule has 110 valence electrons. The molecule has 0 spiro atoms. The summed E-state index contributed by atoms with van der Waals surface area (Å²) in [5.74, 6) is -1.97. The first-order valence-electron chi connectivity index (χ1n) is 6.09. The molecule has 7 heteroatoms. The molecule has 1 aromatic rings. The van der Waals surface area contributed by atoms with E-state index in [1.165, 1.54) is 23.1 Å². The molecule has 5 nitrogen and oxygen atoms in total. The van der Waals surface area contributed by atoms with Crippen molar-refractivity contribution in [1.82, 2.24) is 4.90 Å². The van der Waals surface area contributed by atoms with Gasteiger partial charge in [-0.2, -0.15) is 0 Å². The van der Waals surface area contributed by atoms with E-state index in [4.69, 9.17) is 5.11 Å². The van der Waals surface area contributed by atoms with Crippen LogP contribution in [0.25, 0.3) is 0 Å². The molecule has 1 rings (SSSR count). The number of anilines is 1. The summed E-state index contributed by atoms with van der Waals surface area (Å²) in [5, 5.41) is 11.5. The summed E-state index contributed by atoms with van der Waals surface area (Å²) in [6.45, 7) is 3.82. The fourth-order valence-corrected chi connectivity index (χ4v) is 2.16. The van der Waals surface area contributed by atoms with Gasteiger partial charge in [-0.1, -0.05) is 6.92 Å². The summed E-state index contributed by atoms with van der Waals surface area (Å²) in [6.07, 6.45) is 0. The maximum absolute atomic E-state index is 13.0. The minimum atomic E-state index is -0.951. The van der Waals surface area contributed by atoms with E-state index in [0.717, 1.165) is 0 Å². The number of benzene rings is 1. The molecule has 0 radical (unpaired) electrons. The van der Waals surface area contributed by atoms with E-state index in [1.54, 1.807) is 13.8 Å². The number of hydrogen-bond donors (Lipinski definition) is 2. The van der Waals surface area contributed by atoms with Crippen LogP contribution in [-0.4, -0.2) is 35.1 Å². The Kier molecular flexibility index (Phi) is 6.18. The second-order valence-corrected chi connectivity index (χ2v) is 5.49. The minimum absolute atomic E-state index is 0.120. The summed E-state index contributed by atoms with van der Waals surface area (Å²) in [4.78, 5) is 24.3. The Balaban J connectivity index is 2.74. The van der Waals surface area contributed by atoms with Crippen molar-refractivity contribution in [1.29, 1.82) is 0 Å². The van der Waals surface area contributed by atoms with Gasteiger partial charge in [-0.05, 0) is 47.7 Å². The number of carbonyl (C=O) groups excluding carboxylic acids is 1. The van der Waals surface area contributed by atoms with E-state index >= 15 is 0 Å². The quantitative estimate of drug-likeness (QED) is 0.755. The first kappa shape index (κ1) is 16.7. The average molecular weight is 394 g/mol. The lowest BCUT2D eigenvalue weighted by molar-refractivity contribution is -0.141. The molecule has 0 heterocycles. The van der Waals surface area contributed by atoms with Gasteiger partial charge in [-0.25, -0.2) is 9.18 Å². The highest BCUT2D eigenvalue weighted by Gasteiger charge is 2.19. The highest BCUT2D eigenvalue weighted by atomic mass is 127. The molecular weight excluding hydrogens is 378 g/mol. The topological polar surface area (TPSA) is 69.6 Å². The van der Waals surface area contributed by atoms with Gasteiger partial charge in [-0.15, -0.1) is 0 Å². The van der Waals surface area contributed by atoms with Crippen LogP contribution in [0.3, 0.4) is 0 Å². The Morgan fingerprint density at radius 1 is 1.50 bits per heavy atom. The molecule has 2 N–H and O–H groups in total. The molecule has 20 heavy (non-hydrogen) atoms. The molecule has 0 saturated heterocycles. The van der Waals surface area contributed by atoms with Crippen LogP contribution < -0.4 is 5.32 Å². The summed E-state index contributed by atoms with van der Waals surface area (Å²) >= 11 is 1.92. The van der Waals surface area contributed by atoms with Crippen molar-refractivity contribution >= 4 is 40.3 Å². The lowest BCUT2D eigenvalue weighted by Crippen LogP contribution is -2.39. The number of halogens is 2. The molecule has 1 aromatic carbocycles. The molecular formula is C13H16FIN2O3. The summed E-state index contributed by atoms with van der Waals surface area (Å²) in [5.41, 5.74) is 0.499. The number of carbonyl (C=O) groups is 2. The Bertz CT molecular complexity index is 510. The Labute approximate surface area is 130 Å². The van der Waals surface area contributed by atoms with E-state index < -0.39 is 17.9 Å². The number of rotatable bonds is 5. The average Bonchev–Trinajstić information content (AvgIpc) is 2.38. The second-order valence-electron chi connectivity index (χ2n) is 4.33. The fourth-order valence-electron chi connectivity index (χ4n) is 1.55. The predicted molar refractivity (Wildman–Crippen MR) is 82.2 cm³/mol. The maximum atomic E-state index is 13.0. The zero-order valence-corrected chi connectivity index (χ0v) is 13.3. The van der Waals surface area contributed by atoms with Crippen molar-refractivity contribution in [2.75, 3.05) is 18.4 Å². The monoisotopic (exact) mass is 394 g/mol. The van der Waals surface area contributed by atoms with Gasteiger partial charge in [0.25, 0.3) is 0 Å². The molecule has 0 aliphatic heterocycles. The van der Waals surface area contributed by atoms with Crippen molar-refractivity contribution in [3.63, 3.8) is 0 Å². The first-order valence-corrected chi connectivity index (χ1v) is 7.16. The van der Waals surface area contributed by atoms with Gasteiger partial charge >= 0.3 is 12.0 Å². The predicted octanol–water partition coefficient (Wildman–Crippen LogP) is 3.00. The fraction of sp³-hybridized carbons (Fsp3) is 0.385. The molecule has 0 bridgehead atoms. The van der Waals surface area contributed by atoms with Crippen LogP contribution in [0, 0.1) is 15.3 Å². The Hall–Kier alpha value is -1.38. The standard InChI is InChI=1S/C13H16FIN2O3/c1-3-17(7-8(2)12(18)19)13(20)16-11-5-4-9(14)6-10(11)15/h4-6,8H,3,7H2,1-2H3,(H,16,20)(H,18,19). The Morgan fingerprint density at radius 2 is 2.15 bits per heavy atom. The summed E-state index contributed by atoms with van der Waals surface area (Å²) in [6, 6.07) is 3.65. The number of aliphatic carboxylic acids is 1. The molecule has 0 aliphatic carbocycles. The number of amides is 2. The summed E-state index contributed by atoms with van der Waals surface area (Å²) < 4.78 is 13.6. The lowest BCUT2D eigenvalue weighted by atomic mass is 10.2. The van der Waals surface area contributed by atoms with E-state index in [0.29, 0.717) is 15.8 Å². The SMILES string of the molecule is CCN(CC(C)C(=O)O)C(=O)Nc1ccc(F)cc1I. The third kappa shape index (κ3) is 4.62. The van der Waals surface area contributed by atoms with Crippen LogP contribution in [0.4, 0.5) is 14.9 Å². The van der Waals surface area contributed by atoms with E-state index in [-0.39, 0.29) is 12.4 Å². The van der Waals surface area contributed by atoms with Gasteiger partial charge < -0.3 is 15.3 Å². The third-order valence-electron chi connectivity index (χ3n) is 2.76. The second kappa shape index (κ2) is 7.41. The third-order valence-corrected chi connectivity index (χ3v) is 3.65. The van der Waals surface area contributed by atoms with Crippen molar-refractivity contribution in [2.45, 2.75) is 13.8 Å². The van der Waals surface area contributed by atoms with E-state index in [1.807, 2.05) is 22.6 Å². The number of carboxylic acids is 1. The van der Waals surface area contributed by atoms with Gasteiger partial charge in [-0.3, -0.25) is 4.79 Å². The zero-order chi connectivity index (χ0) is 15.3. The smallest absolute Gasteiger partial charge is 0.321 e. The van der Waals surface area contributed by atoms with Gasteiger partial charge in [0.15, 0.2) is 0 Å². The normalized spacial score (nSPS) is 11.8. The van der Waals surface area contributed by atoms with Crippen molar-refractivity contribution < 1.29 is 19.1 Å². The number of nitrogens with zero attached hydrogens (tertiary/aromatic N) is 1. The van der Waals surface area contributed by atoms with Crippen LogP contribution in [0.5, 0.6) is 0 Å². The van der Waals surface area contributed by atoms with Crippen LogP contribution in [0.2, 0.25) is 0 Å². The van der Waals surface area contributed by atoms with Crippen LogP contribution >= 0.6 is 22.6 Å². The molecule has 1 unspecified atom stereocenters. The van der Waals surface area contributed by atoms with E-state index in [9.17, 15) is 14.0 Å². The van der Waals surface area contributed by atoms with Crippen molar-refractivity contribution in [3.8, 4) is 0 Å². The maximum Gasteiger partial charge on any atom is 0.321 e. The number of urea groups is 1. The molecule has 0 fully saturated rings. The van der Waals surface area contributed by atoms with Crippen LogP contribution in [0.15, 0.2) is 18.2 Å². The highest BCUT2D eigenvalue weighted by molar-refractivity contribution is 14.1. The largest absolute Gasteiger partial charge is 0.481 e. The van der Waals surface area contributed by atoms with Crippen molar-refractivity contribution in [3.05, 3.63) is 27.6 Å². The first-order chi connectivity index (χ1) is 9.35. The molecule has 0 saturated carbocycles. The van der Waals surface area contributed by atoms with E-state index in [2.05, 4.69) is 5.32 Å². The van der Waals surface area contributed by atoms with Crippen LogP contribution in [0.1, 0.15) is 13.8 Å². The molecule has 1 atom stereocenters. The number of nitrogens with one attached hydrogen (secondary N) is 1. The van der Waals surface area contributed by atoms with Gasteiger partial charge in [0.2, 0.25) is 0 Å². The molecule has 0 aliphatic rings. The summed E-state index contributed by atoms with van der Waals surface area (Å²) in [7, 11) is 0. The van der Waals surface area contributed by atoms with Gasteiger partial charge in [0.1, 0.15) is 5.82 Å². The zero-order valence-electron chi connectivity index (χ0n) is 11.2. The van der Waals surface area contributed by atoms with Crippen LogP contribution in [-0.2, 0) is 4.79 Å². The number of carboxylic acid groups (broad SMARTS) is 1. The molecule has 2 amide bonds. The highest BCUT2D eigenvalue weighted by Crippen LogP contribution is 2.19. The molecule has 0 aromatic heterocycles. The number of hydrogen-bond acceptors (Lipinski definition) is 2. The Morgan fingerprint density at radius 3 is 2.65 bits per heavy atom. The van der Waals surface area contributed by atoms with Gasteiger partial charge in [0.05, 0.1) is 11.6 Å². The van der Waals surface area contributed by atoms with Gasteiger partial charge in [0, 0.05) is 16.7 Å². The van der Waals surface area contributed by atoms with Crippen molar-refractivity contribution in [2.24, 2.45) is 5.92 Å². The minimum Gasteiger partial charge on any atom is -0.481 e.